The molecule has 0 amide bonds. The van der Waals surface area contributed by atoms with Crippen molar-refractivity contribution in [1.82, 2.24) is 0 Å². The third kappa shape index (κ3) is 5.66. The Morgan fingerprint density at radius 1 is 0.429 bits per heavy atom. The minimum atomic E-state index is 0.495. The largest absolute Gasteiger partial charge is 0.490 e. The molecule has 214 valence electrons. The highest BCUT2D eigenvalue weighted by molar-refractivity contribution is 6.10. The molecule has 0 spiro atoms. The standard InChI is InChI=1S/C36H34O6/c1-5-39-33-17-23-9-11-25-15-32-26(16-31(25)29(21-37)13-27(23)19-35(33)41-7-3)12-10-24-18-34(40-6-2)36(42-8-4)20-28(24)14-30(32)22-38/h9-22H,5-8H2,1-4H3. The van der Waals surface area contributed by atoms with Gasteiger partial charge in [-0.3, -0.25) is 9.59 Å². The SMILES string of the molecule is CCOc1cc2ccc3cc4c(C=O)cc5cc(OCC)c(OCC)cc5ccc4cc3c(C=O)cc2cc1OCC. The Labute approximate surface area is 245 Å². The molecule has 6 heteroatoms. The van der Waals surface area contributed by atoms with Crippen LogP contribution in [0.1, 0.15) is 48.4 Å². The van der Waals surface area contributed by atoms with E-state index in [1.54, 1.807) is 0 Å². The van der Waals surface area contributed by atoms with Crippen LogP contribution in [0.25, 0.3) is 43.1 Å². The average Bonchev–Trinajstić information content (AvgIpc) is 2.98. The number of benzene rings is 3. The van der Waals surface area contributed by atoms with Crippen molar-refractivity contribution in [2.75, 3.05) is 26.4 Å². The Morgan fingerprint density at radius 3 is 1.05 bits per heavy atom. The third-order valence-electron chi connectivity index (χ3n) is 7.10. The molecule has 0 unspecified atom stereocenters. The van der Waals surface area contributed by atoms with E-state index in [-0.39, 0.29) is 0 Å². The van der Waals surface area contributed by atoms with E-state index in [4.69, 9.17) is 18.9 Å². The molecular weight excluding hydrogens is 528 g/mol. The molecule has 0 radical (unpaired) electrons. The zero-order chi connectivity index (χ0) is 29.6. The van der Waals surface area contributed by atoms with Gasteiger partial charge in [-0.15, -0.1) is 0 Å². The van der Waals surface area contributed by atoms with Crippen molar-refractivity contribution < 1.29 is 28.5 Å². The van der Waals surface area contributed by atoms with Crippen LogP contribution < -0.4 is 18.9 Å². The summed E-state index contributed by atoms with van der Waals surface area (Å²) in [5.74, 6) is 2.56. The summed E-state index contributed by atoms with van der Waals surface area (Å²) in [6, 6.07) is 23.3. The quantitative estimate of drug-likeness (QED) is 0.159. The van der Waals surface area contributed by atoms with E-state index in [9.17, 15) is 9.59 Å². The van der Waals surface area contributed by atoms with E-state index in [1.165, 1.54) is 0 Å². The second-order valence-corrected chi connectivity index (χ2v) is 9.72. The second kappa shape index (κ2) is 12.8. The number of ether oxygens (including phenoxy) is 4. The lowest BCUT2D eigenvalue weighted by molar-refractivity contribution is 0.111. The molecular formula is C36H34O6. The van der Waals surface area contributed by atoms with E-state index in [0.29, 0.717) is 60.6 Å². The molecule has 0 N–H and O–H groups in total. The van der Waals surface area contributed by atoms with Crippen LogP contribution in [0.2, 0.25) is 0 Å². The summed E-state index contributed by atoms with van der Waals surface area (Å²) in [5.41, 5.74) is 1.05. The number of rotatable bonds is 10. The molecule has 0 fully saturated rings. The topological polar surface area (TPSA) is 71.1 Å². The average molecular weight is 563 g/mol. The van der Waals surface area contributed by atoms with E-state index in [2.05, 4.69) is 0 Å². The van der Waals surface area contributed by atoms with Crippen LogP contribution >= 0.6 is 0 Å². The van der Waals surface area contributed by atoms with Gasteiger partial charge in [-0.2, -0.15) is 0 Å². The molecule has 5 aromatic carbocycles. The molecule has 42 heavy (non-hydrogen) atoms. The van der Waals surface area contributed by atoms with Crippen molar-refractivity contribution in [3.8, 4) is 23.0 Å². The minimum absolute atomic E-state index is 0.495. The molecule has 0 bridgehead atoms. The van der Waals surface area contributed by atoms with Gasteiger partial charge in [-0.05, 0) is 119 Å². The molecule has 0 aliphatic rings. The Morgan fingerprint density at radius 2 is 0.738 bits per heavy atom. The molecule has 5 aromatic rings. The minimum Gasteiger partial charge on any atom is -0.490 e. The fraction of sp³-hybridized carbons (Fsp3) is 0.222. The molecule has 0 heterocycles. The first-order valence-electron chi connectivity index (χ1n) is 14.3. The lowest BCUT2D eigenvalue weighted by Gasteiger charge is -2.13. The summed E-state index contributed by atoms with van der Waals surface area (Å²) in [6.45, 7) is 9.70. The summed E-state index contributed by atoms with van der Waals surface area (Å²) in [6.07, 6.45) is 1.74. The normalized spacial score (nSPS) is 11.0. The lowest BCUT2D eigenvalue weighted by atomic mass is 9.97. The first kappa shape index (κ1) is 28.7. The lowest BCUT2D eigenvalue weighted by Crippen LogP contribution is -1.98. The van der Waals surface area contributed by atoms with Gasteiger partial charge in [-0.25, -0.2) is 0 Å². The molecule has 0 aliphatic carbocycles. The Hall–Kier alpha value is -4.84. The zero-order valence-corrected chi connectivity index (χ0v) is 24.4. The predicted molar refractivity (Wildman–Crippen MR) is 170 cm³/mol. The van der Waals surface area contributed by atoms with Crippen LogP contribution in [-0.2, 0) is 0 Å². The number of fused-ring (bicyclic) bond motifs is 4. The fourth-order valence-electron chi connectivity index (χ4n) is 5.25. The maximum Gasteiger partial charge on any atom is 0.161 e. The number of carbonyl (C=O) groups is 2. The van der Waals surface area contributed by atoms with Gasteiger partial charge >= 0.3 is 0 Å². The summed E-state index contributed by atoms with van der Waals surface area (Å²) < 4.78 is 23.3. The maximum atomic E-state index is 12.5. The third-order valence-corrected chi connectivity index (χ3v) is 7.10. The molecule has 0 atom stereocenters. The van der Waals surface area contributed by atoms with Crippen molar-refractivity contribution in [2.24, 2.45) is 0 Å². The van der Waals surface area contributed by atoms with Gasteiger partial charge in [0.2, 0.25) is 0 Å². The van der Waals surface area contributed by atoms with Crippen molar-refractivity contribution in [3.63, 3.8) is 0 Å². The van der Waals surface area contributed by atoms with Gasteiger partial charge in [-0.1, -0.05) is 24.3 Å². The molecule has 0 aliphatic heterocycles. The number of hydrogen-bond acceptors (Lipinski definition) is 6. The molecule has 5 rings (SSSR count). The smallest absolute Gasteiger partial charge is 0.161 e. The molecule has 0 aromatic heterocycles. The van der Waals surface area contributed by atoms with Gasteiger partial charge in [0, 0.05) is 11.1 Å². The van der Waals surface area contributed by atoms with Gasteiger partial charge in [0.1, 0.15) is 0 Å². The van der Waals surface area contributed by atoms with E-state index < -0.39 is 0 Å². The summed E-state index contributed by atoms with van der Waals surface area (Å²) in [4.78, 5) is 25.0. The van der Waals surface area contributed by atoms with Crippen LogP contribution in [0.5, 0.6) is 23.0 Å². The van der Waals surface area contributed by atoms with Crippen LogP contribution in [0.3, 0.4) is 0 Å². The van der Waals surface area contributed by atoms with Crippen LogP contribution in [-0.4, -0.2) is 39.0 Å². The van der Waals surface area contributed by atoms with Crippen molar-refractivity contribution in [2.45, 2.75) is 27.7 Å². The summed E-state index contributed by atoms with van der Waals surface area (Å²) in [7, 11) is 0. The number of aldehydes is 2. The van der Waals surface area contributed by atoms with Gasteiger partial charge in [0.25, 0.3) is 0 Å². The Balaban J connectivity index is 1.84. The van der Waals surface area contributed by atoms with Gasteiger partial charge in [0.05, 0.1) is 26.4 Å². The molecule has 6 nitrogen and oxygen atoms in total. The van der Waals surface area contributed by atoms with Crippen LogP contribution in [0.4, 0.5) is 0 Å². The first-order chi connectivity index (χ1) is 20.5. The van der Waals surface area contributed by atoms with E-state index in [1.807, 2.05) is 100 Å². The Bertz CT molecular complexity index is 1740. The second-order valence-electron chi connectivity index (χ2n) is 9.72. The van der Waals surface area contributed by atoms with Gasteiger partial charge in [0.15, 0.2) is 35.6 Å². The van der Waals surface area contributed by atoms with Crippen molar-refractivity contribution in [1.29, 1.82) is 0 Å². The van der Waals surface area contributed by atoms with E-state index in [0.717, 1.165) is 55.7 Å². The maximum absolute atomic E-state index is 12.5. The van der Waals surface area contributed by atoms with Crippen molar-refractivity contribution >= 4 is 55.7 Å². The monoisotopic (exact) mass is 562 g/mol. The fourth-order valence-corrected chi connectivity index (χ4v) is 5.25. The molecule has 0 saturated heterocycles. The zero-order valence-electron chi connectivity index (χ0n) is 24.4. The van der Waals surface area contributed by atoms with Gasteiger partial charge < -0.3 is 18.9 Å². The Kier molecular flexibility index (Phi) is 8.72. The van der Waals surface area contributed by atoms with Crippen molar-refractivity contribution in [3.05, 3.63) is 83.9 Å². The first-order valence-corrected chi connectivity index (χ1v) is 14.3. The van der Waals surface area contributed by atoms with Crippen LogP contribution in [0, 0.1) is 0 Å². The summed E-state index contributed by atoms with van der Waals surface area (Å²) >= 11 is 0. The number of carbonyl (C=O) groups excluding carboxylic acids is 2. The molecule has 0 saturated carbocycles. The van der Waals surface area contributed by atoms with E-state index >= 15 is 0 Å². The highest BCUT2D eigenvalue weighted by Gasteiger charge is 2.11. The van der Waals surface area contributed by atoms with Crippen LogP contribution in [0.15, 0.2) is 72.8 Å². The highest BCUT2D eigenvalue weighted by atomic mass is 16.5. The summed E-state index contributed by atoms with van der Waals surface area (Å²) in [5, 5.41) is 6.69. The number of hydrogen-bond donors (Lipinski definition) is 0. The highest BCUT2D eigenvalue weighted by Crippen LogP contribution is 2.36. The predicted octanol–water partition coefficient (Wildman–Crippen LogP) is 8.64.